The van der Waals surface area contributed by atoms with E-state index in [4.69, 9.17) is 28.9 Å². The maximum atomic E-state index is 11.2. The van der Waals surface area contributed by atoms with Crippen molar-refractivity contribution >= 4 is 42.2 Å². The first-order valence-corrected chi connectivity index (χ1v) is 8.06. The number of thiol groups is 1. The second-order valence-corrected chi connectivity index (χ2v) is 7.15. The number of hydrogen-bond acceptors (Lipinski definition) is 4. The molecule has 0 amide bonds. The molecule has 0 aromatic heterocycles. The van der Waals surface area contributed by atoms with Crippen molar-refractivity contribution in [1.82, 2.24) is 5.01 Å². The second kappa shape index (κ2) is 6.71. The van der Waals surface area contributed by atoms with Crippen LogP contribution < -0.4 is 5.73 Å². The van der Waals surface area contributed by atoms with Crippen LogP contribution in [0.1, 0.15) is 18.4 Å². The zero-order chi connectivity index (χ0) is 16.4. The second-order valence-electron chi connectivity index (χ2n) is 5.50. The zero-order valence-electron chi connectivity index (χ0n) is 12.0. The predicted octanol–water partition coefficient (Wildman–Crippen LogP) is 2.99. The molecular weight excluding hydrogens is 341 g/mol. The van der Waals surface area contributed by atoms with Crippen molar-refractivity contribution in [2.24, 2.45) is 10.8 Å². The minimum Gasteiger partial charge on any atom is -0.388 e. The maximum Gasteiger partial charge on any atom is 0.107 e. The number of nitrogens with zero attached hydrogens (tertiary/aromatic N) is 2. The fourth-order valence-electron chi connectivity index (χ4n) is 2.41. The number of aliphatic hydroxyl groups is 1. The summed E-state index contributed by atoms with van der Waals surface area (Å²) in [5, 5.41) is 17.6. The largest absolute Gasteiger partial charge is 0.388 e. The van der Waals surface area contributed by atoms with Crippen molar-refractivity contribution < 1.29 is 5.11 Å². The third kappa shape index (κ3) is 3.71. The quantitative estimate of drug-likeness (QED) is 0.230. The van der Waals surface area contributed by atoms with E-state index in [1.54, 1.807) is 6.07 Å². The highest BCUT2D eigenvalue weighted by Crippen LogP contribution is 2.53. The van der Waals surface area contributed by atoms with Gasteiger partial charge in [-0.15, -0.1) is 24.2 Å². The van der Waals surface area contributed by atoms with Crippen molar-refractivity contribution in [2.45, 2.75) is 29.7 Å². The molecule has 1 atom stereocenters. The van der Waals surface area contributed by atoms with E-state index in [2.05, 4.69) is 24.3 Å². The first-order valence-electron chi connectivity index (χ1n) is 6.86. The zero-order valence-corrected chi connectivity index (χ0v) is 14.5. The highest BCUT2D eigenvalue weighted by atomic mass is 35.5. The van der Waals surface area contributed by atoms with Gasteiger partial charge in [-0.1, -0.05) is 36.4 Å². The van der Waals surface area contributed by atoms with Gasteiger partial charge in [-0.25, -0.2) is 0 Å². The number of hydrogen-bond donors (Lipinski definition) is 3. The molecule has 0 radical (unpaired) electrons. The van der Waals surface area contributed by atoms with Gasteiger partial charge in [0.1, 0.15) is 11.9 Å². The Morgan fingerprint density at radius 1 is 1.55 bits per heavy atom. The van der Waals surface area contributed by atoms with E-state index in [1.165, 1.54) is 5.01 Å². The molecule has 1 aliphatic rings. The summed E-state index contributed by atoms with van der Waals surface area (Å²) in [6.07, 6.45) is 2.91. The first kappa shape index (κ1) is 17.5. The Hall–Kier alpha value is -0.880. The Kier molecular flexibility index (Phi) is 5.33. The van der Waals surface area contributed by atoms with Crippen LogP contribution in [0.3, 0.4) is 0 Å². The SMILES string of the molecule is C=C(S)N(CC(O)(Cc1ccccc1Cl)C1(Cl)CC1)/N=C\N. The van der Waals surface area contributed by atoms with Crippen LogP contribution in [0.5, 0.6) is 0 Å². The molecular formula is C15H19Cl2N3OS. The van der Waals surface area contributed by atoms with E-state index in [1.807, 2.05) is 18.2 Å². The molecule has 0 bridgehead atoms. The number of rotatable bonds is 7. The topological polar surface area (TPSA) is 61.8 Å². The fraction of sp³-hybridized carbons (Fsp3) is 0.400. The van der Waals surface area contributed by atoms with E-state index < -0.39 is 10.5 Å². The average Bonchev–Trinajstić information content (AvgIpc) is 3.21. The van der Waals surface area contributed by atoms with Crippen molar-refractivity contribution in [3.8, 4) is 0 Å². The molecule has 3 N–H and O–H groups in total. The molecule has 1 aliphatic carbocycles. The van der Waals surface area contributed by atoms with Gasteiger partial charge in [0.25, 0.3) is 0 Å². The number of nitrogens with two attached hydrogens (primary N) is 1. The Labute approximate surface area is 146 Å². The molecule has 1 aromatic carbocycles. The lowest BCUT2D eigenvalue weighted by Gasteiger charge is -2.36. The van der Waals surface area contributed by atoms with Gasteiger partial charge in [-0.3, -0.25) is 5.01 Å². The lowest BCUT2D eigenvalue weighted by atomic mass is 9.88. The third-order valence-corrected chi connectivity index (χ3v) is 5.21. The fourth-order valence-corrected chi connectivity index (χ4v) is 2.96. The highest BCUT2D eigenvalue weighted by molar-refractivity contribution is 7.84. The summed E-state index contributed by atoms with van der Waals surface area (Å²) >= 11 is 16.9. The number of alkyl halides is 1. The molecule has 0 heterocycles. The summed E-state index contributed by atoms with van der Waals surface area (Å²) in [4.78, 5) is -0.697. The summed E-state index contributed by atoms with van der Waals surface area (Å²) in [6, 6.07) is 7.39. The van der Waals surface area contributed by atoms with Crippen molar-refractivity contribution in [3.05, 3.63) is 46.5 Å². The molecule has 0 saturated heterocycles. The van der Waals surface area contributed by atoms with Crippen LogP contribution in [-0.4, -0.2) is 33.5 Å². The molecule has 1 unspecified atom stereocenters. The van der Waals surface area contributed by atoms with Crippen LogP contribution in [0.25, 0.3) is 0 Å². The molecule has 1 saturated carbocycles. The standard InChI is InChI=1S/C15H19Cl2N3OS/c1-11(22)20(19-10-18)9-15(21,14(17)6-7-14)8-12-4-2-3-5-13(12)16/h2-5,10,21-22H,1,6-9H2,(H2,18,19). The Balaban J connectivity index is 2.29. The summed E-state index contributed by atoms with van der Waals surface area (Å²) < 4.78 is 0. The highest BCUT2D eigenvalue weighted by Gasteiger charge is 2.58. The smallest absolute Gasteiger partial charge is 0.107 e. The molecule has 1 fully saturated rings. The predicted molar refractivity (Wildman–Crippen MR) is 95.4 cm³/mol. The summed E-state index contributed by atoms with van der Waals surface area (Å²) in [5.41, 5.74) is 4.95. The van der Waals surface area contributed by atoms with Gasteiger partial charge in [0.15, 0.2) is 0 Å². The van der Waals surface area contributed by atoms with Gasteiger partial charge in [-0.05, 0) is 24.5 Å². The number of halogens is 2. The first-order chi connectivity index (χ1) is 10.3. The van der Waals surface area contributed by atoms with E-state index in [0.29, 0.717) is 16.5 Å². The van der Waals surface area contributed by atoms with Gasteiger partial charge in [0, 0.05) is 11.4 Å². The van der Waals surface area contributed by atoms with Crippen LogP contribution >= 0.6 is 35.8 Å². The van der Waals surface area contributed by atoms with Crippen LogP contribution in [0.15, 0.2) is 41.0 Å². The van der Waals surface area contributed by atoms with Crippen LogP contribution in [0, 0.1) is 0 Å². The van der Waals surface area contributed by atoms with Gasteiger partial charge in [-0.2, -0.15) is 5.10 Å². The number of benzene rings is 1. The molecule has 7 heteroatoms. The summed E-state index contributed by atoms with van der Waals surface area (Å²) in [7, 11) is 0. The molecule has 1 aromatic rings. The molecule has 0 spiro atoms. The van der Waals surface area contributed by atoms with Gasteiger partial charge >= 0.3 is 0 Å². The van der Waals surface area contributed by atoms with Gasteiger partial charge in [0.2, 0.25) is 0 Å². The minimum atomic E-state index is -1.22. The van der Waals surface area contributed by atoms with E-state index in [-0.39, 0.29) is 6.54 Å². The van der Waals surface area contributed by atoms with Crippen LogP contribution in [0.2, 0.25) is 5.02 Å². The summed E-state index contributed by atoms with van der Waals surface area (Å²) in [5.74, 6) is 0. The monoisotopic (exact) mass is 359 g/mol. The summed E-state index contributed by atoms with van der Waals surface area (Å²) in [6.45, 7) is 3.86. The van der Waals surface area contributed by atoms with Gasteiger partial charge < -0.3 is 10.8 Å². The lowest BCUT2D eigenvalue weighted by Crippen LogP contribution is -2.51. The van der Waals surface area contributed by atoms with Crippen LogP contribution in [0.4, 0.5) is 0 Å². The Morgan fingerprint density at radius 3 is 2.68 bits per heavy atom. The Bertz CT molecular complexity index is 592. The third-order valence-electron chi connectivity index (χ3n) is 3.88. The molecule has 120 valence electrons. The van der Waals surface area contributed by atoms with Gasteiger partial charge in [0.05, 0.1) is 16.4 Å². The lowest BCUT2D eigenvalue weighted by molar-refractivity contribution is 0.00387. The van der Waals surface area contributed by atoms with Crippen molar-refractivity contribution in [3.63, 3.8) is 0 Å². The van der Waals surface area contributed by atoms with Crippen LogP contribution in [-0.2, 0) is 6.42 Å². The average molecular weight is 360 g/mol. The molecule has 0 aliphatic heterocycles. The molecule has 2 rings (SSSR count). The maximum absolute atomic E-state index is 11.2. The van der Waals surface area contributed by atoms with E-state index in [0.717, 1.165) is 24.7 Å². The van der Waals surface area contributed by atoms with Crippen molar-refractivity contribution in [1.29, 1.82) is 0 Å². The molecule has 4 nitrogen and oxygen atoms in total. The Morgan fingerprint density at radius 2 is 2.18 bits per heavy atom. The molecule has 22 heavy (non-hydrogen) atoms. The van der Waals surface area contributed by atoms with E-state index in [9.17, 15) is 5.11 Å². The normalized spacial score (nSPS) is 18.9. The van der Waals surface area contributed by atoms with Crippen molar-refractivity contribution in [2.75, 3.05) is 6.54 Å². The minimum absolute atomic E-state index is 0.137. The van der Waals surface area contributed by atoms with E-state index >= 15 is 0 Å². The number of hydrazone groups is 1.